The summed E-state index contributed by atoms with van der Waals surface area (Å²) in [5.41, 5.74) is 2.21. The maximum atomic E-state index is 12.7. The lowest BCUT2D eigenvalue weighted by atomic mass is 9.93. The van der Waals surface area contributed by atoms with Gasteiger partial charge in [0.2, 0.25) is 5.91 Å². The van der Waals surface area contributed by atoms with Crippen molar-refractivity contribution in [3.8, 4) is 11.5 Å². The van der Waals surface area contributed by atoms with Gasteiger partial charge in [-0.15, -0.1) is 0 Å². The number of aromatic nitrogens is 1. The predicted octanol–water partition coefficient (Wildman–Crippen LogP) is 4.16. The number of carbonyl (C=O) groups is 1. The van der Waals surface area contributed by atoms with Gasteiger partial charge in [0.15, 0.2) is 5.13 Å². The molecule has 1 saturated heterocycles. The number of hydrogen-bond donors (Lipinski definition) is 2. The van der Waals surface area contributed by atoms with E-state index in [1.165, 1.54) is 16.9 Å². The SMILES string of the molecule is CCOc1ccc2nc(NC(=O)CN3CCCC(O)(COc4ccc(C)c(C)c4)C3)sc2c1. The van der Waals surface area contributed by atoms with Crippen molar-refractivity contribution in [2.75, 3.05) is 38.2 Å². The molecule has 1 amide bonds. The molecule has 0 bridgehead atoms. The van der Waals surface area contributed by atoms with Crippen molar-refractivity contribution in [1.29, 1.82) is 0 Å². The highest BCUT2D eigenvalue weighted by molar-refractivity contribution is 7.22. The first-order valence-corrected chi connectivity index (χ1v) is 12.1. The highest BCUT2D eigenvalue weighted by Crippen LogP contribution is 2.29. The molecular formula is C25H31N3O4S. The Balaban J connectivity index is 1.32. The van der Waals surface area contributed by atoms with Crippen LogP contribution in [0, 0.1) is 13.8 Å². The first kappa shape index (κ1) is 23.5. The Morgan fingerprint density at radius 2 is 1.97 bits per heavy atom. The highest BCUT2D eigenvalue weighted by Gasteiger charge is 2.35. The summed E-state index contributed by atoms with van der Waals surface area (Å²) in [5.74, 6) is 1.41. The summed E-state index contributed by atoms with van der Waals surface area (Å²) in [6.45, 7) is 8.20. The maximum Gasteiger partial charge on any atom is 0.240 e. The number of benzene rings is 2. The molecule has 8 heteroatoms. The molecule has 0 saturated carbocycles. The highest BCUT2D eigenvalue weighted by atomic mass is 32.1. The molecule has 2 N–H and O–H groups in total. The molecule has 2 heterocycles. The van der Waals surface area contributed by atoms with E-state index in [0.717, 1.165) is 40.2 Å². The molecule has 1 fully saturated rings. The van der Waals surface area contributed by atoms with Crippen molar-refractivity contribution >= 4 is 32.6 Å². The van der Waals surface area contributed by atoms with Gasteiger partial charge in [0.1, 0.15) is 23.7 Å². The standard InChI is InChI=1S/C25H31N3O4S/c1-4-31-20-8-9-21-22(13-20)33-24(26-21)27-23(29)14-28-11-5-10-25(30,15-28)16-32-19-7-6-17(2)18(3)12-19/h6-9,12-13,30H,4-5,10-11,14-16H2,1-3H3,(H,26,27,29). The lowest BCUT2D eigenvalue weighted by Crippen LogP contribution is -2.53. The summed E-state index contributed by atoms with van der Waals surface area (Å²) in [6.07, 6.45) is 1.46. The Labute approximate surface area is 198 Å². The lowest BCUT2D eigenvalue weighted by Gasteiger charge is -2.38. The molecule has 0 radical (unpaired) electrons. The van der Waals surface area contributed by atoms with Crippen molar-refractivity contribution < 1.29 is 19.4 Å². The summed E-state index contributed by atoms with van der Waals surface area (Å²) >= 11 is 1.42. The minimum absolute atomic E-state index is 0.140. The van der Waals surface area contributed by atoms with Crippen LogP contribution >= 0.6 is 11.3 Å². The van der Waals surface area contributed by atoms with Gasteiger partial charge in [-0.05, 0) is 81.6 Å². The number of nitrogens with zero attached hydrogens (tertiary/aromatic N) is 2. The van der Waals surface area contributed by atoms with Crippen LogP contribution in [0.15, 0.2) is 36.4 Å². The normalized spacial score (nSPS) is 18.9. The van der Waals surface area contributed by atoms with E-state index in [1.54, 1.807) is 0 Å². The Bertz CT molecular complexity index is 1130. The van der Waals surface area contributed by atoms with Gasteiger partial charge in [0.25, 0.3) is 0 Å². The van der Waals surface area contributed by atoms with E-state index in [0.29, 0.717) is 24.7 Å². The zero-order chi connectivity index (χ0) is 23.4. The molecule has 176 valence electrons. The number of fused-ring (bicyclic) bond motifs is 1. The van der Waals surface area contributed by atoms with Gasteiger partial charge in [0, 0.05) is 6.54 Å². The van der Waals surface area contributed by atoms with Gasteiger partial charge in [-0.1, -0.05) is 17.4 Å². The van der Waals surface area contributed by atoms with Crippen molar-refractivity contribution in [2.24, 2.45) is 0 Å². The average molecular weight is 470 g/mol. The number of ether oxygens (including phenoxy) is 2. The van der Waals surface area contributed by atoms with Crippen LogP contribution in [0.1, 0.15) is 30.9 Å². The number of carbonyl (C=O) groups excluding carboxylic acids is 1. The minimum atomic E-state index is -0.983. The summed E-state index contributed by atoms with van der Waals surface area (Å²) in [7, 11) is 0. The van der Waals surface area contributed by atoms with E-state index in [4.69, 9.17) is 9.47 Å². The monoisotopic (exact) mass is 469 g/mol. The molecule has 1 aromatic heterocycles. The van der Waals surface area contributed by atoms with Gasteiger partial charge in [-0.2, -0.15) is 0 Å². The second kappa shape index (κ2) is 10.1. The van der Waals surface area contributed by atoms with Crippen molar-refractivity contribution in [1.82, 2.24) is 9.88 Å². The number of anilines is 1. The number of nitrogens with one attached hydrogen (secondary N) is 1. The molecule has 1 atom stereocenters. The largest absolute Gasteiger partial charge is 0.494 e. The summed E-state index contributed by atoms with van der Waals surface area (Å²) in [4.78, 5) is 19.1. The summed E-state index contributed by atoms with van der Waals surface area (Å²) in [5, 5.41) is 14.5. The van der Waals surface area contributed by atoms with Crippen LogP contribution in [-0.2, 0) is 4.79 Å². The van der Waals surface area contributed by atoms with Crippen molar-refractivity contribution in [3.63, 3.8) is 0 Å². The zero-order valence-electron chi connectivity index (χ0n) is 19.4. The molecule has 2 aromatic carbocycles. The number of rotatable bonds is 8. The van der Waals surface area contributed by atoms with Crippen LogP contribution in [0.5, 0.6) is 11.5 Å². The molecule has 7 nitrogen and oxygen atoms in total. The fourth-order valence-electron chi connectivity index (χ4n) is 4.06. The van der Waals surface area contributed by atoms with Crippen LogP contribution in [0.3, 0.4) is 0 Å². The lowest BCUT2D eigenvalue weighted by molar-refractivity contribution is -0.119. The van der Waals surface area contributed by atoms with Crippen molar-refractivity contribution in [2.45, 2.75) is 39.2 Å². The number of thiazole rings is 1. The number of hydrogen-bond acceptors (Lipinski definition) is 7. The van der Waals surface area contributed by atoms with Gasteiger partial charge in [-0.3, -0.25) is 9.69 Å². The molecule has 0 aliphatic carbocycles. The van der Waals surface area contributed by atoms with E-state index >= 15 is 0 Å². The fraction of sp³-hybridized carbons (Fsp3) is 0.440. The molecule has 1 aliphatic heterocycles. The first-order valence-electron chi connectivity index (χ1n) is 11.3. The van der Waals surface area contributed by atoms with E-state index in [9.17, 15) is 9.90 Å². The smallest absolute Gasteiger partial charge is 0.240 e. The van der Waals surface area contributed by atoms with Crippen LogP contribution in [0.2, 0.25) is 0 Å². The first-order chi connectivity index (χ1) is 15.8. The van der Waals surface area contributed by atoms with Crippen LogP contribution in [0.4, 0.5) is 5.13 Å². The minimum Gasteiger partial charge on any atom is -0.494 e. The van der Waals surface area contributed by atoms with E-state index in [-0.39, 0.29) is 19.1 Å². The molecule has 4 rings (SSSR count). The predicted molar refractivity (Wildman–Crippen MR) is 131 cm³/mol. The number of aliphatic hydroxyl groups is 1. The Kier molecular flexibility index (Phi) is 7.17. The fourth-order valence-corrected chi connectivity index (χ4v) is 4.97. The van der Waals surface area contributed by atoms with Crippen molar-refractivity contribution in [3.05, 3.63) is 47.5 Å². The topological polar surface area (TPSA) is 83.9 Å². The molecular weight excluding hydrogens is 438 g/mol. The number of likely N-dealkylation sites (tertiary alicyclic amines) is 1. The second-order valence-electron chi connectivity index (χ2n) is 8.70. The third-order valence-corrected chi connectivity index (χ3v) is 6.84. The van der Waals surface area contributed by atoms with Gasteiger partial charge >= 0.3 is 0 Å². The zero-order valence-corrected chi connectivity index (χ0v) is 20.2. The van der Waals surface area contributed by atoms with E-state index in [1.807, 2.05) is 55.1 Å². The summed E-state index contributed by atoms with van der Waals surface area (Å²) in [6, 6.07) is 11.6. The third-order valence-electron chi connectivity index (χ3n) is 5.90. The average Bonchev–Trinajstić information content (AvgIpc) is 3.16. The number of piperidine rings is 1. The molecule has 3 aromatic rings. The quantitative estimate of drug-likeness (QED) is 0.516. The van der Waals surface area contributed by atoms with Gasteiger partial charge < -0.3 is 19.9 Å². The maximum absolute atomic E-state index is 12.7. The number of β-amino-alcohol motifs (C(OH)–C–C–N with tert-alkyl or cyclic N) is 1. The third kappa shape index (κ3) is 6.01. The molecule has 33 heavy (non-hydrogen) atoms. The number of amides is 1. The van der Waals surface area contributed by atoms with Crippen LogP contribution < -0.4 is 14.8 Å². The second-order valence-corrected chi connectivity index (χ2v) is 9.73. The molecule has 1 unspecified atom stereocenters. The van der Waals surface area contributed by atoms with E-state index in [2.05, 4.69) is 17.2 Å². The molecule has 0 spiro atoms. The number of aryl methyl sites for hydroxylation is 2. The van der Waals surface area contributed by atoms with Gasteiger partial charge in [-0.25, -0.2) is 4.98 Å². The Morgan fingerprint density at radius 3 is 2.76 bits per heavy atom. The molecule has 1 aliphatic rings. The summed E-state index contributed by atoms with van der Waals surface area (Å²) < 4.78 is 12.4. The van der Waals surface area contributed by atoms with Gasteiger partial charge in [0.05, 0.1) is 23.4 Å². The Hall–Kier alpha value is -2.68. The Morgan fingerprint density at radius 1 is 1.18 bits per heavy atom. The van der Waals surface area contributed by atoms with Crippen LogP contribution in [0.25, 0.3) is 10.2 Å². The van der Waals surface area contributed by atoms with Crippen LogP contribution in [-0.4, -0.2) is 59.3 Å². The van der Waals surface area contributed by atoms with E-state index < -0.39 is 5.60 Å².